The third-order valence-electron chi connectivity index (χ3n) is 4.86. The molecule has 1 aromatic rings. The molecule has 0 unspecified atom stereocenters. The number of halogens is 1. The van der Waals surface area contributed by atoms with Crippen molar-refractivity contribution in [3.05, 3.63) is 28.8 Å². The van der Waals surface area contributed by atoms with Gasteiger partial charge in [-0.1, -0.05) is 48.0 Å². The van der Waals surface area contributed by atoms with E-state index in [1.807, 2.05) is 12.1 Å². The van der Waals surface area contributed by atoms with Crippen LogP contribution in [0.5, 0.6) is 5.75 Å². The molecule has 3 nitrogen and oxygen atoms in total. The van der Waals surface area contributed by atoms with E-state index >= 15 is 0 Å². The monoisotopic (exact) mass is 411 g/mol. The third-order valence-corrected chi connectivity index (χ3v) is 4.86. The minimum atomic E-state index is -0.203. The number of carbonyl (C=O) groups is 1. The Balaban J connectivity index is 0.00000312. The molecular weight excluding hydrogens is 378 g/mol. The lowest BCUT2D eigenvalue weighted by Gasteiger charge is -2.29. The highest BCUT2D eigenvalue weighted by atomic mass is 79.9. The van der Waals surface area contributed by atoms with Crippen LogP contribution in [-0.2, 0) is 10.8 Å². The lowest BCUT2D eigenvalue weighted by Crippen LogP contribution is -2.34. The second kappa shape index (κ2) is 8.22. The van der Waals surface area contributed by atoms with Crippen LogP contribution in [0.2, 0.25) is 0 Å². The Bertz CT molecular complexity index is 570. The summed E-state index contributed by atoms with van der Waals surface area (Å²) in [7, 11) is 0. The highest BCUT2D eigenvalue weighted by Gasteiger charge is 2.28. The summed E-state index contributed by atoms with van der Waals surface area (Å²) in [6, 6.07) is 3.80. The predicted octanol–water partition coefficient (Wildman–Crippen LogP) is 5.23. The van der Waals surface area contributed by atoms with Gasteiger partial charge in [0.2, 0.25) is 0 Å². The molecule has 0 radical (unpaired) electrons. The Morgan fingerprint density at radius 2 is 1.40 bits per heavy atom. The number of piperidine rings is 1. The highest BCUT2D eigenvalue weighted by molar-refractivity contribution is 8.93. The quantitative estimate of drug-likeness (QED) is 0.691. The maximum Gasteiger partial charge on any atom is 0.176 e. The number of hydrogen-bond acceptors (Lipinski definition) is 3. The van der Waals surface area contributed by atoms with E-state index in [1.165, 1.54) is 19.3 Å². The summed E-state index contributed by atoms with van der Waals surface area (Å²) in [6.07, 6.45) is 3.64. The first-order chi connectivity index (χ1) is 11.0. The van der Waals surface area contributed by atoms with Gasteiger partial charge >= 0.3 is 0 Å². The number of nitrogens with zero attached hydrogens (tertiary/aromatic N) is 1. The van der Waals surface area contributed by atoms with Gasteiger partial charge in [0.15, 0.2) is 5.78 Å². The topological polar surface area (TPSA) is 40.5 Å². The summed E-state index contributed by atoms with van der Waals surface area (Å²) in [4.78, 5) is 15.1. The maximum atomic E-state index is 12.9. The smallest absolute Gasteiger partial charge is 0.176 e. The van der Waals surface area contributed by atoms with Crippen molar-refractivity contribution in [2.24, 2.45) is 0 Å². The van der Waals surface area contributed by atoms with Crippen LogP contribution in [0.15, 0.2) is 12.1 Å². The molecule has 0 atom stereocenters. The molecule has 4 heteroatoms. The number of phenols is 1. The van der Waals surface area contributed by atoms with Gasteiger partial charge in [-0.3, -0.25) is 9.69 Å². The van der Waals surface area contributed by atoms with E-state index in [4.69, 9.17) is 0 Å². The second-order valence-electron chi connectivity index (χ2n) is 9.18. The summed E-state index contributed by atoms with van der Waals surface area (Å²) in [6.45, 7) is 15.0. The van der Waals surface area contributed by atoms with Crippen LogP contribution in [0.4, 0.5) is 0 Å². The van der Waals surface area contributed by atoms with Gasteiger partial charge < -0.3 is 5.11 Å². The van der Waals surface area contributed by atoms with Crippen molar-refractivity contribution >= 4 is 22.8 Å². The molecule has 1 fully saturated rings. The largest absolute Gasteiger partial charge is 0.507 e. The summed E-state index contributed by atoms with van der Waals surface area (Å²) in [5.41, 5.74) is 2.04. The SMILES string of the molecule is Br.CC(C)(C)c1cc(C(=O)CN2CCCCC2)cc(C(C)(C)C)c1O. The number of benzene rings is 1. The fourth-order valence-corrected chi connectivity index (χ4v) is 3.35. The number of hydrogen-bond donors (Lipinski definition) is 1. The van der Waals surface area contributed by atoms with Crippen LogP contribution in [0.1, 0.15) is 82.3 Å². The molecule has 0 bridgehead atoms. The zero-order valence-corrected chi connectivity index (χ0v) is 18.3. The fraction of sp³-hybridized carbons (Fsp3) is 0.667. The van der Waals surface area contributed by atoms with Gasteiger partial charge in [-0.25, -0.2) is 0 Å². The Morgan fingerprint density at radius 1 is 0.960 bits per heavy atom. The van der Waals surface area contributed by atoms with Crippen molar-refractivity contribution in [3.8, 4) is 5.75 Å². The molecule has 1 heterocycles. The van der Waals surface area contributed by atoms with Crippen molar-refractivity contribution in [3.63, 3.8) is 0 Å². The number of Topliss-reactive ketones (excluding diaryl/α,β-unsaturated/α-hetero) is 1. The van der Waals surface area contributed by atoms with E-state index in [2.05, 4.69) is 46.4 Å². The summed E-state index contributed by atoms with van der Waals surface area (Å²) < 4.78 is 0. The van der Waals surface area contributed by atoms with Crippen LogP contribution in [0.25, 0.3) is 0 Å². The maximum absolute atomic E-state index is 12.9. The van der Waals surface area contributed by atoms with Crippen molar-refractivity contribution in [2.45, 2.75) is 71.6 Å². The molecule has 1 aliphatic heterocycles. The van der Waals surface area contributed by atoms with E-state index in [9.17, 15) is 9.90 Å². The number of aromatic hydroxyl groups is 1. The lowest BCUT2D eigenvalue weighted by molar-refractivity contribution is 0.0915. The molecule has 0 saturated carbocycles. The van der Waals surface area contributed by atoms with E-state index in [0.717, 1.165) is 29.8 Å². The van der Waals surface area contributed by atoms with Crippen molar-refractivity contribution in [1.82, 2.24) is 4.90 Å². The van der Waals surface area contributed by atoms with Crippen LogP contribution in [0.3, 0.4) is 0 Å². The predicted molar refractivity (Wildman–Crippen MR) is 110 cm³/mol. The number of carbonyl (C=O) groups excluding carboxylic acids is 1. The van der Waals surface area contributed by atoms with Gasteiger partial charge in [-0.05, 0) is 48.9 Å². The van der Waals surface area contributed by atoms with E-state index in [1.54, 1.807) is 0 Å². The summed E-state index contributed by atoms with van der Waals surface area (Å²) in [5, 5.41) is 10.8. The molecule has 1 N–H and O–H groups in total. The molecule has 2 rings (SSSR count). The molecule has 0 spiro atoms. The van der Waals surface area contributed by atoms with E-state index in [-0.39, 0.29) is 33.6 Å². The molecule has 1 aliphatic rings. The van der Waals surface area contributed by atoms with Crippen LogP contribution < -0.4 is 0 Å². The van der Waals surface area contributed by atoms with Crippen LogP contribution in [0, 0.1) is 0 Å². The van der Waals surface area contributed by atoms with Crippen LogP contribution in [-0.4, -0.2) is 35.4 Å². The Kier molecular flexibility index (Phi) is 7.29. The average molecular weight is 412 g/mol. The molecule has 1 aromatic carbocycles. The van der Waals surface area contributed by atoms with Gasteiger partial charge in [-0.2, -0.15) is 0 Å². The molecule has 25 heavy (non-hydrogen) atoms. The van der Waals surface area contributed by atoms with E-state index < -0.39 is 0 Å². The van der Waals surface area contributed by atoms with Crippen molar-refractivity contribution < 1.29 is 9.90 Å². The molecule has 1 saturated heterocycles. The van der Waals surface area contributed by atoms with Gasteiger partial charge in [-0.15, -0.1) is 17.0 Å². The van der Waals surface area contributed by atoms with Gasteiger partial charge in [0.25, 0.3) is 0 Å². The number of likely N-dealkylation sites (tertiary alicyclic amines) is 1. The molecule has 0 amide bonds. The average Bonchev–Trinajstić information content (AvgIpc) is 2.46. The standard InChI is InChI=1S/C21H33NO2.BrH/c1-20(2,3)16-12-15(13-17(19(16)24)21(4,5)6)18(23)14-22-10-8-7-9-11-22;/h12-13,24H,7-11,14H2,1-6H3;1H. The Morgan fingerprint density at radius 3 is 1.80 bits per heavy atom. The van der Waals surface area contributed by atoms with Gasteiger partial charge in [0, 0.05) is 16.7 Å². The second-order valence-corrected chi connectivity index (χ2v) is 9.18. The minimum absolute atomic E-state index is 0. The molecular formula is C21H34BrNO2. The fourth-order valence-electron chi connectivity index (χ4n) is 3.35. The lowest BCUT2D eigenvalue weighted by atomic mass is 9.78. The summed E-state index contributed by atoms with van der Waals surface area (Å²) >= 11 is 0. The van der Waals surface area contributed by atoms with Gasteiger partial charge in [0.1, 0.15) is 5.75 Å². The van der Waals surface area contributed by atoms with Crippen molar-refractivity contribution in [1.29, 1.82) is 0 Å². The zero-order chi connectivity index (χ0) is 18.1. The Hall–Kier alpha value is -0.870. The van der Waals surface area contributed by atoms with E-state index in [0.29, 0.717) is 12.3 Å². The summed E-state index contributed by atoms with van der Waals surface area (Å²) in [5.74, 6) is 0.498. The van der Waals surface area contributed by atoms with Gasteiger partial charge in [0.05, 0.1) is 6.54 Å². The zero-order valence-electron chi connectivity index (χ0n) is 16.6. The first-order valence-electron chi connectivity index (χ1n) is 9.13. The normalized spacial score (nSPS) is 16.4. The third kappa shape index (κ3) is 5.55. The molecule has 0 aliphatic carbocycles. The minimum Gasteiger partial charge on any atom is -0.507 e. The molecule has 142 valence electrons. The number of rotatable bonds is 3. The first-order valence-corrected chi connectivity index (χ1v) is 9.13. The number of phenolic OH excluding ortho intramolecular Hbond substituents is 1. The highest BCUT2D eigenvalue weighted by Crippen LogP contribution is 2.39. The first kappa shape index (κ1) is 22.2. The van der Waals surface area contributed by atoms with Crippen molar-refractivity contribution in [2.75, 3.05) is 19.6 Å². The van der Waals surface area contributed by atoms with Crippen LogP contribution >= 0.6 is 17.0 Å². The number of ketones is 1. The Labute approximate surface area is 163 Å². The molecule has 0 aromatic heterocycles.